The van der Waals surface area contributed by atoms with Gasteiger partial charge in [0.15, 0.2) is 0 Å². The molecule has 0 aliphatic carbocycles. The van der Waals surface area contributed by atoms with Crippen LogP contribution in [0.3, 0.4) is 0 Å². The lowest BCUT2D eigenvalue weighted by molar-refractivity contribution is -0.133. The molecular weight excluding hydrogens is 198 g/mol. The summed E-state index contributed by atoms with van der Waals surface area (Å²) in [6, 6.07) is 8.30. The number of fused-ring (bicyclic) bond motifs is 1. The summed E-state index contributed by atoms with van der Waals surface area (Å²) in [5.74, 6) is 0.267. The lowest BCUT2D eigenvalue weighted by Crippen LogP contribution is -2.28. The molecule has 2 heteroatoms. The van der Waals surface area contributed by atoms with Crippen LogP contribution in [0.25, 0.3) is 0 Å². The maximum Gasteiger partial charge on any atom is 0.223 e. The first-order valence-electron chi connectivity index (χ1n) is 5.80. The highest BCUT2D eigenvalue weighted by molar-refractivity contribution is 5.77. The van der Waals surface area contributed by atoms with Crippen LogP contribution in [0.15, 0.2) is 24.3 Å². The Hall–Kier alpha value is -1.31. The molecule has 2 nitrogen and oxygen atoms in total. The fraction of sp³-hybridized carbons (Fsp3) is 0.500. The Balaban J connectivity index is 2.04. The van der Waals surface area contributed by atoms with Gasteiger partial charge in [0.05, 0.1) is 0 Å². The number of hydrogen-bond acceptors (Lipinski definition) is 1. The Bertz CT molecular complexity index is 378. The fourth-order valence-electron chi connectivity index (χ4n) is 2.07. The molecule has 1 aromatic carbocycles. The summed E-state index contributed by atoms with van der Waals surface area (Å²) >= 11 is 0. The van der Waals surface area contributed by atoms with Gasteiger partial charge >= 0.3 is 0 Å². The third-order valence-electron chi connectivity index (χ3n) is 2.88. The van der Waals surface area contributed by atoms with E-state index in [4.69, 9.17) is 0 Å². The van der Waals surface area contributed by atoms with Crippen molar-refractivity contribution in [2.45, 2.75) is 40.3 Å². The molecule has 1 aromatic rings. The van der Waals surface area contributed by atoms with E-state index in [1.807, 2.05) is 17.0 Å². The van der Waals surface area contributed by atoms with Crippen molar-refractivity contribution >= 4 is 5.91 Å². The first-order chi connectivity index (χ1) is 7.46. The molecule has 1 aliphatic rings. The first kappa shape index (κ1) is 11.2. The molecule has 0 aromatic heterocycles. The predicted molar refractivity (Wildman–Crippen MR) is 64.8 cm³/mol. The second kappa shape index (κ2) is 3.93. The molecule has 0 bridgehead atoms. The second-order valence-electron chi connectivity index (χ2n) is 5.76. The van der Waals surface area contributed by atoms with Crippen molar-refractivity contribution in [2.24, 2.45) is 5.41 Å². The van der Waals surface area contributed by atoms with Gasteiger partial charge in [-0.15, -0.1) is 0 Å². The van der Waals surface area contributed by atoms with Crippen LogP contribution in [0.5, 0.6) is 0 Å². The standard InChI is InChI=1S/C14H19NO/c1-14(2,3)8-13(16)15-9-11-6-4-5-7-12(11)10-15/h4-7H,8-10H2,1-3H3. The Kier molecular flexibility index (Phi) is 2.75. The first-order valence-corrected chi connectivity index (χ1v) is 5.80. The van der Waals surface area contributed by atoms with Gasteiger partial charge in [0, 0.05) is 19.5 Å². The minimum Gasteiger partial charge on any atom is -0.334 e. The molecule has 0 fully saturated rings. The van der Waals surface area contributed by atoms with E-state index in [2.05, 4.69) is 32.9 Å². The normalized spacial score (nSPS) is 15.1. The molecule has 0 N–H and O–H groups in total. The van der Waals surface area contributed by atoms with Crippen molar-refractivity contribution in [3.05, 3.63) is 35.4 Å². The lowest BCUT2D eigenvalue weighted by Gasteiger charge is -2.22. The third kappa shape index (κ3) is 2.43. The maximum absolute atomic E-state index is 12.1. The molecule has 0 radical (unpaired) electrons. The van der Waals surface area contributed by atoms with Crippen LogP contribution < -0.4 is 0 Å². The SMILES string of the molecule is CC(C)(C)CC(=O)N1Cc2ccccc2C1. The van der Waals surface area contributed by atoms with E-state index >= 15 is 0 Å². The Labute approximate surface area is 97.3 Å². The van der Waals surface area contributed by atoms with Gasteiger partial charge in [-0.3, -0.25) is 4.79 Å². The summed E-state index contributed by atoms with van der Waals surface area (Å²) in [6.07, 6.45) is 0.626. The molecule has 1 amide bonds. The fourth-order valence-corrected chi connectivity index (χ4v) is 2.07. The van der Waals surface area contributed by atoms with Crippen LogP contribution in [-0.2, 0) is 17.9 Å². The van der Waals surface area contributed by atoms with Crippen molar-refractivity contribution in [3.8, 4) is 0 Å². The van der Waals surface area contributed by atoms with Crippen LogP contribution in [0, 0.1) is 5.41 Å². The van der Waals surface area contributed by atoms with Gasteiger partial charge in [0.2, 0.25) is 5.91 Å². The Morgan fingerprint density at radius 1 is 1.19 bits per heavy atom. The molecule has 16 heavy (non-hydrogen) atoms. The minimum absolute atomic E-state index is 0.0753. The second-order valence-corrected chi connectivity index (χ2v) is 5.76. The number of rotatable bonds is 1. The Morgan fingerprint density at radius 2 is 1.69 bits per heavy atom. The zero-order valence-electron chi connectivity index (χ0n) is 10.3. The molecule has 0 atom stereocenters. The highest BCUT2D eigenvalue weighted by Crippen LogP contribution is 2.26. The predicted octanol–water partition coefficient (Wildman–Crippen LogP) is 2.97. The van der Waals surface area contributed by atoms with Crippen molar-refractivity contribution < 1.29 is 4.79 Å². The highest BCUT2D eigenvalue weighted by atomic mass is 16.2. The molecule has 0 unspecified atom stereocenters. The molecule has 0 saturated heterocycles. The van der Waals surface area contributed by atoms with Gasteiger partial charge < -0.3 is 4.90 Å². The van der Waals surface area contributed by atoms with Gasteiger partial charge in [-0.2, -0.15) is 0 Å². The largest absolute Gasteiger partial charge is 0.334 e. The zero-order chi connectivity index (χ0) is 11.8. The minimum atomic E-state index is 0.0753. The summed E-state index contributed by atoms with van der Waals surface area (Å²) in [5.41, 5.74) is 2.67. The third-order valence-corrected chi connectivity index (χ3v) is 2.88. The topological polar surface area (TPSA) is 20.3 Å². The molecule has 1 heterocycles. The van der Waals surface area contributed by atoms with E-state index in [9.17, 15) is 4.79 Å². The summed E-state index contributed by atoms with van der Waals surface area (Å²) in [5, 5.41) is 0. The number of amides is 1. The average molecular weight is 217 g/mol. The number of hydrogen-bond donors (Lipinski definition) is 0. The number of nitrogens with zero attached hydrogens (tertiary/aromatic N) is 1. The van der Waals surface area contributed by atoms with E-state index < -0.39 is 0 Å². The number of benzene rings is 1. The summed E-state index contributed by atoms with van der Waals surface area (Å²) in [4.78, 5) is 14.0. The van der Waals surface area contributed by atoms with Crippen LogP contribution >= 0.6 is 0 Å². The lowest BCUT2D eigenvalue weighted by atomic mass is 9.92. The van der Waals surface area contributed by atoms with Crippen molar-refractivity contribution in [3.63, 3.8) is 0 Å². The van der Waals surface area contributed by atoms with Gasteiger partial charge in [0.25, 0.3) is 0 Å². The molecule has 2 rings (SSSR count). The molecule has 0 saturated carbocycles. The molecular formula is C14H19NO. The van der Waals surface area contributed by atoms with Gasteiger partial charge in [-0.05, 0) is 16.5 Å². The highest BCUT2D eigenvalue weighted by Gasteiger charge is 2.25. The maximum atomic E-state index is 12.1. The average Bonchev–Trinajstić information content (AvgIpc) is 2.58. The van der Waals surface area contributed by atoms with E-state index in [0.717, 1.165) is 13.1 Å². The summed E-state index contributed by atoms with van der Waals surface area (Å²) < 4.78 is 0. The van der Waals surface area contributed by atoms with Crippen LogP contribution in [-0.4, -0.2) is 10.8 Å². The monoisotopic (exact) mass is 217 g/mol. The summed E-state index contributed by atoms with van der Waals surface area (Å²) in [7, 11) is 0. The van der Waals surface area contributed by atoms with E-state index in [1.165, 1.54) is 11.1 Å². The van der Waals surface area contributed by atoms with Crippen LogP contribution in [0.2, 0.25) is 0 Å². The number of carbonyl (C=O) groups excluding carboxylic acids is 1. The van der Waals surface area contributed by atoms with E-state index in [-0.39, 0.29) is 11.3 Å². The quantitative estimate of drug-likeness (QED) is 0.708. The van der Waals surface area contributed by atoms with Gasteiger partial charge in [0.1, 0.15) is 0 Å². The van der Waals surface area contributed by atoms with Crippen LogP contribution in [0.1, 0.15) is 38.3 Å². The summed E-state index contributed by atoms with van der Waals surface area (Å²) in [6.45, 7) is 7.88. The van der Waals surface area contributed by atoms with Gasteiger partial charge in [-0.25, -0.2) is 0 Å². The number of carbonyl (C=O) groups is 1. The zero-order valence-corrected chi connectivity index (χ0v) is 10.3. The van der Waals surface area contributed by atoms with Gasteiger partial charge in [-0.1, -0.05) is 45.0 Å². The Morgan fingerprint density at radius 3 is 2.12 bits per heavy atom. The van der Waals surface area contributed by atoms with Crippen molar-refractivity contribution in [2.75, 3.05) is 0 Å². The molecule has 86 valence electrons. The van der Waals surface area contributed by atoms with E-state index in [1.54, 1.807) is 0 Å². The molecule has 0 spiro atoms. The smallest absolute Gasteiger partial charge is 0.223 e. The van der Waals surface area contributed by atoms with Crippen molar-refractivity contribution in [1.82, 2.24) is 4.90 Å². The van der Waals surface area contributed by atoms with Crippen LogP contribution in [0.4, 0.5) is 0 Å². The molecule has 1 aliphatic heterocycles. The van der Waals surface area contributed by atoms with E-state index in [0.29, 0.717) is 6.42 Å². The van der Waals surface area contributed by atoms with Crippen molar-refractivity contribution in [1.29, 1.82) is 0 Å².